The van der Waals surface area contributed by atoms with Crippen molar-refractivity contribution in [1.29, 1.82) is 0 Å². The van der Waals surface area contributed by atoms with Crippen LogP contribution in [0.1, 0.15) is 5.56 Å². The minimum Gasteiger partial charge on any atom is -0.389 e. The van der Waals surface area contributed by atoms with E-state index in [0.29, 0.717) is 25.5 Å². The summed E-state index contributed by atoms with van der Waals surface area (Å²) in [7, 11) is 3.39. The van der Waals surface area contributed by atoms with E-state index in [4.69, 9.17) is 10.5 Å². The van der Waals surface area contributed by atoms with Crippen molar-refractivity contribution >= 4 is 5.82 Å². The number of hydrogen-bond donors (Lipinski definition) is 2. The molecule has 0 saturated carbocycles. The molecule has 1 aromatic rings. The van der Waals surface area contributed by atoms with Crippen LogP contribution in [0.15, 0.2) is 12.3 Å². The van der Waals surface area contributed by atoms with Crippen molar-refractivity contribution < 1.29 is 9.84 Å². The van der Waals surface area contributed by atoms with Gasteiger partial charge in [-0.3, -0.25) is 0 Å². The van der Waals surface area contributed by atoms with E-state index in [1.165, 1.54) is 0 Å². The highest BCUT2D eigenvalue weighted by molar-refractivity contribution is 5.44. The molecule has 16 heavy (non-hydrogen) atoms. The lowest BCUT2D eigenvalue weighted by atomic mass is 10.2. The smallest absolute Gasteiger partial charge is 0.155 e. The normalized spacial score (nSPS) is 12.5. The molecule has 0 saturated heterocycles. The maximum absolute atomic E-state index is 9.60. The first-order valence-corrected chi connectivity index (χ1v) is 5.07. The Morgan fingerprint density at radius 2 is 2.38 bits per heavy atom. The summed E-state index contributed by atoms with van der Waals surface area (Å²) in [6, 6.07) is 1.82. The summed E-state index contributed by atoms with van der Waals surface area (Å²) in [6.07, 6.45) is 1.05. The largest absolute Gasteiger partial charge is 0.389 e. The zero-order valence-corrected chi connectivity index (χ0v) is 9.63. The lowest BCUT2D eigenvalue weighted by Gasteiger charge is -2.22. The standard InChI is InChI=1S/C10H18N4O2/c1-14(6-9(15)7-16-2)10-8(5-11)3-4-12-13-10/h3-4,9,15H,5-7,11H2,1-2H3. The molecule has 0 spiro atoms. The van der Waals surface area contributed by atoms with E-state index in [9.17, 15) is 5.11 Å². The molecule has 6 heteroatoms. The van der Waals surface area contributed by atoms with Gasteiger partial charge in [0, 0.05) is 32.8 Å². The Labute approximate surface area is 95.0 Å². The number of ether oxygens (including phenoxy) is 1. The van der Waals surface area contributed by atoms with Crippen molar-refractivity contribution in [3.63, 3.8) is 0 Å². The van der Waals surface area contributed by atoms with Crippen LogP contribution < -0.4 is 10.6 Å². The molecule has 0 fully saturated rings. The van der Waals surface area contributed by atoms with Crippen LogP contribution in [0, 0.1) is 0 Å². The summed E-state index contributed by atoms with van der Waals surface area (Å²) in [6.45, 7) is 1.12. The predicted octanol–water partition coefficient (Wildman–Crippen LogP) is -0.621. The predicted molar refractivity (Wildman–Crippen MR) is 61.1 cm³/mol. The summed E-state index contributed by atoms with van der Waals surface area (Å²) < 4.78 is 4.86. The van der Waals surface area contributed by atoms with E-state index >= 15 is 0 Å². The fourth-order valence-electron chi connectivity index (χ4n) is 1.48. The van der Waals surface area contributed by atoms with Gasteiger partial charge in [-0.25, -0.2) is 0 Å². The number of nitrogens with zero attached hydrogens (tertiary/aromatic N) is 3. The lowest BCUT2D eigenvalue weighted by molar-refractivity contribution is 0.0694. The Morgan fingerprint density at radius 3 is 3.00 bits per heavy atom. The first-order valence-electron chi connectivity index (χ1n) is 5.07. The summed E-state index contributed by atoms with van der Waals surface area (Å²) >= 11 is 0. The molecular formula is C10H18N4O2. The van der Waals surface area contributed by atoms with E-state index in [-0.39, 0.29) is 0 Å². The molecule has 3 N–H and O–H groups in total. The monoisotopic (exact) mass is 226 g/mol. The summed E-state index contributed by atoms with van der Waals surface area (Å²) in [4.78, 5) is 1.82. The summed E-state index contributed by atoms with van der Waals surface area (Å²) in [5, 5.41) is 17.4. The van der Waals surface area contributed by atoms with Crippen molar-refractivity contribution in [3.8, 4) is 0 Å². The Kier molecular flexibility index (Phi) is 5.10. The Balaban J connectivity index is 2.68. The Bertz CT molecular complexity index is 321. The van der Waals surface area contributed by atoms with Crippen molar-refractivity contribution in [3.05, 3.63) is 17.8 Å². The first-order chi connectivity index (χ1) is 7.69. The molecule has 0 aliphatic rings. The quantitative estimate of drug-likeness (QED) is 0.672. The topological polar surface area (TPSA) is 84.5 Å². The van der Waals surface area contributed by atoms with Gasteiger partial charge in [0.25, 0.3) is 0 Å². The Morgan fingerprint density at radius 1 is 1.62 bits per heavy atom. The molecule has 0 aromatic carbocycles. The number of aliphatic hydroxyl groups excluding tert-OH is 1. The highest BCUT2D eigenvalue weighted by Crippen LogP contribution is 2.13. The van der Waals surface area contributed by atoms with Crippen LogP contribution in [-0.4, -0.2) is 48.7 Å². The van der Waals surface area contributed by atoms with Crippen LogP contribution in [-0.2, 0) is 11.3 Å². The van der Waals surface area contributed by atoms with Gasteiger partial charge in [-0.1, -0.05) is 0 Å². The summed E-state index contributed by atoms with van der Waals surface area (Å²) in [5.41, 5.74) is 6.50. The molecule has 0 bridgehead atoms. The third kappa shape index (κ3) is 3.41. The number of rotatable bonds is 6. The molecule has 1 unspecified atom stereocenters. The van der Waals surface area contributed by atoms with Crippen LogP contribution >= 0.6 is 0 Å². The van der Waals surface area contributed by atoms with Gasteiger partial charge in [-0.2, -0.15) is 5.10 Å². The second-order valence-electron chi connectivity index (χ2n) is 3.57. The van der Waals surface area contributed by atoms with E-state index in [0.717, 1.165) is 5.56 Å². The minimum atomic E-state index is -0.553. The second-order valence-corrected chi connectivity index (χ2v) is 3.57. The fourth-order valence-corrected chi connectivity index (χ4v) is 1.48. The van der Waals surface area contributed by atoms with Gasteiger partial charge in [-0.05, 0) is 6.07 Å². The molecule has 6 nitrogen and oxygen atoms in total. The number of anilines is 1. The molecular weight excluding hydrogens is 208 g/mol. The van der Waals surface area contributed by atoms with Crippen LogP contribution in [0.2, 0.25) is 0 Å². The number of hydrogen-bond acceptors (Lipinski definition) is 6. The van der Waals surface area contributed by atoms with Gasteiger partial charge in [0.1, 0.15) is 0 Å². The zero-order valence-electron chi connectivity index (χ0n) is 9.63. The van der Waals surface area contributed by atoms with E-state index in [1.807, 2.05) is 18.0 Å². The molecule has 1 rings (SSSR count). The highest BCUT2D eigenvalue weighted by atomic mass is 16.5. The average molecular weight is 226 g/mol. The second kappa shape index (κ2) is 6.37. The molecule has 1 aromatic heterocycles. The molecule has 0 aliphatic heterocycles. The van der Waals surface area contributed by atoms with Crippen LogP contribution in [0.25, 0.3) is 0 Å². The maximum atomic E-state index is 9.60. The maximum Gasteiger partial charge on any atom is 0.155 e. The van der Waals surface area contributed by atoms with Gasteiger partial charge in [-0.15, -0.1) is 5.10 Å². The molecule has 1 heterocycles. The van der Waals surface area contributed by atoms with E-state index in [2.05, 4.69) is 10.2 Å². The minimum absolute atomic E-state index is 0.294. The molecule has 90 valence electrons. The average Bonchev–Trinajstić information content (AvgIpc) is 2.29. The van der Waals surface area contributed by atoms with Crippen molar-refractivity contribution in [2.24, 2.45) is 5.73 Å². The van der Waals surface area contributed by atoms with Crippen LogP contribution in [0.4, 0.5) is 5.82 Å². The number of likely N-dealkylation sites (N-methyl/N-ethyl adjacent to an activating group) is 1. The van der Waals surface area contributed by atoms with E-state index < -0.39 is 6.10 Å². The molecule has 1 atom stereocenters. The Hall–Kier alpha value is -1.24. The van der Waals surface area contributed by atoms with Gasteiger partial charge >= 0.3 is 0 Å². The van der Waals surface area contributed by atoms with E-state index in [1.54, 1.807) is 13.3 Å². The number of nitrogens with two attached hydrogens (primary N) is 1. The number of aliphatic hydroxyl groups is 1. The molecule has 0 aliphatic carbocycles. The third-order valence-corrected chi connectivity index (χ3v) is 2.21. The SMILES string of the molecule is COCC(O)CN(C)c1nnccc1CN. The number of methoxy groups -OCH3 is 1. The summed E-state index contributed by atoms with van der Waals surface area (Å²) in [5.74, 6) is 0.695. The van der Waals surface area contributed by atoms with Crippen molar-refractivity contribution in [1.82, 2.24) is 10.2 Å². The zero-order chi connectivity index (χ0) is 12.0. The van der Waals surface area contributed by atoms with Gasteiger partial charge in [0.15, 0.2) is 5.82 Å². The first kappa shape index (κ1) is 12.8. The molecule has 0 amide bonds. The van der Waals surface area contributed by atoms with Gasteiger partial charge < -0.3 is 20.5 Å². The van der Waals surface area contributed by atoms with Gasteiger partial charge in [0.2, 0.25) is 0 Å². The highest BCUT2D eigenvalue weighted by Gasteiger charge is 2.12. The number of aromatic nitrogens is 2. The van der Waals surface area contributed by atoms with Crippen molar-refractivity contribution in [2.45, 2.75) is 12.6 Å². The third-order valence-electron chi connectivity index (χ3n) is 2.21. The van der Waals surface area contributed by atoms with Crippen LogP contribution in [0.3, 0.4) is 0 Å². The van der Waals surface area contributed by atoms with Crippen LogP contribution in [0.5, 0.6) is 0 Å². The molecule has 0 radical (unpaired) electrons. The van der Waals surface area contributed by atoms with Crippen molar-refractivity contribution in [2.75, 3.05) is 32.2 Å². The fraction of sp³-hybridized carbons (Fsp3) is 0.600. The lowest BCUT2D eigenvalue weighted by Crippen LogP contribution is -2.33. The van der Waals surface area contributed by atoms with Gasteiger partial charge in [0.05, 0.1) is 18.9 Å².